The Morgan fingerprint density at radius 1 is 1.44 bits per heavy atom. The standard InChI is InChI=1S/C13H16ClN3O/c14-12-7-9(3-5-15-12)13(18)16-10-4-6-17(8-10)11-1-2-11/h3,5,7,10-11H,1-2,4,6,8H2,(H,16,18). The van der Waals surface area contributed by atoms with E-state index < -0.39 is 0 Å². The van der Waals surface area contributed by atoms with Gasteiger partial charge in [-0.15, -0.1) is 0 Å². The van der Waals surface area contributed by atoms with Crippen LogP contribution in [0.1, 0.15) is 29.6 Å². The number of aromatic nitrogens is 1. The molecule has 0 aromatic carbocycles. The summed E-state index contributed by atoms with van der Waals surface area (Å²) in [7, 11) is 0. The van der Waals surface area contributed by atoms with Crippen molar-refractivity contribution >= 4 is 17.5 Å². The van der Waals surface area contributed by atoms with Crippen LogP contribution < -0.4 is 5.32 Å². The fourth-order valence-corrected chi connectivity index (χ4v) is 2.66. The van der Waals surface area contributed by atoms with Crippen LogP contribution in [0.25, 0.3) is 0 Å². The SMILES string of the molecule is O=C(NC1CCN(C2CC2)C1)c1ccnc(Cl)c1. The minimum atomic E-state index is -0.0538. The van der Waals surface area contributed by atoms with E-state index in [2.05, 4.69) is 15.2 Å². The van der Waals surface area contributed by atoms with E-state index in [-0.39, 0.29) is 11.9 Å². The van der Waals surface area contributed by atoms with Gasteiger partial charge in [0.15, 0.2) is 0 Å². The fraction of sp³-hybridized carbons (Fsp3) is 0.538. The third-order valence-electron chi connectivity index (χ3n) is 3.61. The number of carbonyl (C=O) groups is 1. The normalized spacial score (nSPS) is 24.2. The molecule has 0 bridgehead atoms. The monoisotopic (exact) mass is 265 g/mol. The van der Waals surface area contributed by atoms with Crippen molar-refractivity contribution in [3.8, 4) is 0 Å². The van der Waals surface area contributed by atoms with Gasteiger partial charge in [0.25, 0.3) is 5.91 Å². The summed E-state index contributed by atoms with van der Waals surface area (Å²) in [4.78, 5) is 18.4. The Morgan fingerprint density at radius 2 is 2.28 bits per heavy atom. The van der Waals surface area contributed by atoms with Crippen LogP contribution in [0.4, 0.5) is 0 Å². The largest absolute Gasteiger partial charge is 0.348 e. The molecule has 1 atom stereocenters. The molecule has 1 amide bonds. The van der Waals surface area contributed by atoms with Crippen LogP contribution in [0.3, 0.4) is 0 Å². The van der Waals surface area contributed by atoms with Gasteiger partial charge in [0.1, 0.15) is 5.15 Å². The summed E-state index contributed by atoms with van der Waals surface area (Å²) >= 11 is 5.78. The molecule has 1 N–H and O–H groups in total. The molecule has 2 fully saturated rings. The van der Waals surface area contributed by atoms with E-state index in [9.17, 15) is 4.79 Å². The Hall–Kier alpha value is -1.13. The van der Waals surface area contributed by atoms with Crippen molar-refractivity contribution in [2.75, 3.05) is 13.1 Å². The Kier molecular flexibility index (Phi) is 3.22. The molecule has 1 aromatic heterocycles. The third-order valence-corrected chi connectivity index (χ3v) is 3.81. The number of nitrogens with one attached hydrogen (secondary N) is 1. The lowest BCUT2D eigenvalue weighted by Gasteiger charge is -2.15. The zero-order chi connectivity index (χ0) is 12.5. The lowest BCUT2D eigenvalue weighted by Crippen LogP contribution is -2.37. The smallest absolute Gasteiger partial charge is 0.251 e. The Balaban J connectivity index is 1.58. The van der Waals surface area contributed by atoms with E-state index in [4.69, 9.17) is 11.6 Å². The highest BCUT2D eigenvalue weighted by Gasteiger charge is 2.34. The molecule has 18 heavy (non-hydrogen) atoms. The highest BCUT2D eigenvalue weighted by molar-refractivity contribution is 6.29. The van der Waals surface area contributed by atoms with Crippen molar-refractivity contribution in [1.82, 2.24) is 15.2 Å². The predicted octanol–water partition coefficient (Wildman–Crippen LogP) is 1.70. The van der Waals surface area contributed by atoms with Crippen LogP contribution in [0.2, 0.25) is 5.15 Å². The molecule has 1 unspecified atom stereocenters. The summed E-state index contributed by atoms with van der Waals surface area (Å²) in [6.45, 7) is 2.09. The lowest BCUT2D eigenvalue weighted by molar-refractivity contribution is 0.0937. The fourth-order valence-electron chi connectivity index (χ4n) is 2.49. The number of halogens is 1. The van der Waals surface area contributed by atoms with Crippen LogP contribution in [0.15, 0.2) is 18.3 Å². The van der Waals surface area contributed by atoms with Crippen LogP contribution in [0.5, 0.6) is 0 Å². The predicted molar refractivity (Wildman–Crippen MR) is 69.7 cm³/mol. The molecule has 4 nitrogen and oxygen atoms in total. The molecule has 5 heteroatoms. The van der Waals surface area contributed by atoms with Crippen LogP contribution in [-0.2, 0) is 0 Å². The van der Waals surface area contributed by atoms with Crippen molar-refractivity contribution in [1.29, 1.82) is 0 Å². The number of rotatable bonds is 3. The molecular formula is C13H16ClN3O. The Bertz CT molecular complexity index is 461. The van der Waals surface area contributed by atoms with Gasteiger partial charge in [-0.2, -0.15) is 0 Å². The Morgan fingerprint density at radius 3 is 3.00 bits per heavy atom. The van der Waals surface area contributed by atoms with Crippen LogP contribution in [0, 0.1) is 0 Å². The number of pyridine rings is 1. The number of nitrogens with zero attached hydrogens (tertiary/aromatic N) is 2. The first-order chi connectivity index (χ1) is 8.72. The lowest BCUT2D eigenvalue weighted by atomic mass is 10.2. The zero-order valence-electron chi connectivity index (χ0n) is 10.1. The maximum absolute atomic E-state index is 12.0. The van der Waals surface area contributed by atoms with Crippen molar-refractivity contribution in [3.05, 3.63) is 29.0 Å². The first-order valence-corrected chi connectivity index (χ1v) is 6.76. The first-order valence-electron chi connectivity index (χ1n) is 6.39. The van der Waals surface area contributed by atoms with Gasteiger partial charge in [-0.1, -0.05) is 11.6 Å². The third kappa shape index (κ3) is 2.65. The molecule has 96 valence electrons. The summed E-state index contributed by atoms with van der Waals surface area (Å²) in [5, 5.41) is 3.42. The van der Waals surface area contributed by atoms with Gasteiger partial charge in [0.2, 0.25) is 0 Å². The van der Waals surface area contributed by atoms with Gasteiger partial charge in [-0.3, -0.25) is 9.69 Å². The van der Waals surface area contributed by atoms with E-state index in [1.54, 1.807) is 18.3 Å². The molecule has 0 radical (unpaired) electrons. The highest BCUT2D eigenvalue weighted by Crippen LogP contribution is 2.29. The minimum Gasteiger partial charge on any atom is -0.348 e. The first kappa shape index (κ1) is 11.9. The number of likely N-dealkylation sites (tertiary alicyclic amines) is 1. The van der Waals surface area contributed by atoms with E-state index in [0.717, 1.165) is 25.6 Å². The van der Waals surface area contributed by atoms with Gasteiger partial charge >= 0.3 is 0 Å². The van der Waals surface area contributed by atoms with Crippen molar-refractivity contribution in [2.45, 2.75) is 31.3 Å². The maximum atomic E-state index is 12.0. The summed E-state index contributed by atoms with van der Waals surface area (Å²) in [6, 6.07) is 4.34. The summed E-state index contributed by atoms with van der Waals surface area (Å²) in [5.74, 6) is -0.0538. The number of hydrogen-bond donors (Lipinski definition) is 1. The van der Waals surface area contributed by atoms with Gasteiger partial charge in [-0.25, -0.2) is 4.98 Å². The van der Waals surface area contributed by atoms with Gasteiger partial charge < -0.3 is 5.32 Å². The van der Waals surface area contributed by atoms with Crippen LogP contribution in [-0.4, -0.2) is 41.0 Å². The second kappa shape index (κ2) is 4.86. The molecule has 2 heterocycles. The van der Waals surface area contributed by atoms with E-state index in [1.807, 2.05) is 0 Å². The second-order valence-corrected chi connectivity index (χ2v) is 5.44. The molecule has 1 saturated carbocycles. The highest BCUT2D eigenvalue weighted by atomic mass is 35.5. The van der Waals surface area contributed by atoms with Crippen molar-refractivity contribution in [2.24, 2.45) is 0 Å². The van der Waals surface area contributed by atoms with E-state index >= 15 is 0 Å². The molecule has 3 rings (SSSR count). The minimum absolute atomic E-state index is 0.0538. The topological polar surface area (TPSA) is 45.2 Å². The number of hydrogen-bond acceptors (Lipinski definition) is 3. The molecule has 1 saturated heterocycles. The van der Waals surface area contributed by atoms with Crippen molar-refractivity contribution in [3.63, 3.8) is 0 Å². The summed E-state index contributed by atoms with van der Waals surface area (Å²) in [5.41, 5.74) is 0.583. The van der Waals surface area contributed by atoms with Gasteiger partial charge in [0.05, 0.1) is 0 Å². The quantitative estimate of drug-likeness (QED) is 0.846. The molecule has 1 aromatic rings. The number of amides is 1. The molecular weight excluding hydrogens is 250 g/mol. The van der Waals surface area contributed by atoms with Gasteiger partial charge in [0, 0.05) is 36.9 Å². The molecule has 0 spiro atoms. The maximum Gasteiger partial charge on any atom is 0.251 e. The van der Waals surface area contributed by atoms with E-state index in [1.165, 1.54) is 12.8 Å². The summed E-state index contributed by atoms with van der Waals surface area (Å²) in [6.07, 6.45) is 5.24. The second-order valence-electron chi connectivity index (χ2n) is 5.05. The molecule has 1 aliphatic carbocycles. The van der Waals surface area contributed by atoms with Gasteiger partial charge in [-0.05, 0) is 31.4 Å². The van der Waals surface area contributed by atoms with E-state index in [0.29, 0.717) is 10.7 Å². The van der Waals surface area contributed by atoms with Crippen molar-refractivity contribution < 1.29 is 4.79 Å². The van der Waals surface area contributed by atoms with Crippen LogP contribution >= 0.6 is 11.6 Å². The Labute approximate surface area is 111 Å². The molecule has 2 aliphatic rings. The average Bonchev–Trinajstić information content (AvgIpc) is 3.11. The molecule has 1 aliphatic heterocycles. The zero-order valence-corrected chi connectivity index (χ0v) is 10.9. The number of carbonyl (C=O) groups excluding carboxylic acids is 1. The summed E-state index contributed by atoms with van der Waals surface area (Å²) < 4.78 is 0. The average molecular weight is 266 g/mol.